The molecule has 33 heteroatoms. The Kier molecular flexibility index (Phi) is 17.2. The zero-order valence-electron chi connectivity index (χ0n) is 24.4. The molecule has 3 aromatic heterocycles. The third-order valence-electron chi connectivity index (χ3n) is 4.98. The maximum Gasteiger partial charge on any atom is 0.582 e. The summed E-state index contributed by atoms with van der Waals surface area (Å²) in [6.45, 7) is -6.42. The molecule has 7 heterocycles. The molecule has 4 fully saturated rings. The Morgan fingerprint density at radius 1 is 0.354 bits per heavy atom. The van der Waals surface area contributed by atoms with Gasteiger partial charge in [0.05, 0.1) is 0 Å². The van der Waals surface area contributed by atoms with Crippen molar-refractivity contribution in [2.45, 2.75) is 0 Å². The number of H-pyrrole nitrogens is 2. The molecule has 0 aromatic carbocycles. The van der Waals surface area contributed by atoms with E-state index in [0.29, 0.717) is 0 Å². The standard InChI is InChI=1S/3C5H5N.2B5H4O10/c3*1-2-4-6-5-3-1;2*6-1-10-2(7)13-5(12-1)14-3(8)11-4(9)15-5/h3*1-5H;2*6-9H/q;;;2*-1/p+2. The Morgan fingerprint density at radius 2 is 0.583 bits per heavy atom. The lowest BCUT2D eigenvalue weighted by molar-refractivity contribution is -0.378. The Hall–Kier alpha value is -2.70. The number of hydrogen-bond acceptors (Lipinski definition) is 21. The van der Waals surface area contributed by atoms with Crippen LogP contribution in [0.15, 0.2) is 91.8 Å². The summed E-state index contributed by atoms with van der Waals surface area (Å²) < 4.78 is 52.8. The molecule has 2 spiro atoms. The molecule has 4 saturated heterocycles. The molecule has 0 amide bonds. The van der Waals surface area contributed by atoms with Crippen LogP contribution in [-0.4, -0.2) is 118 Å². The van der Waals surface area contributed by atoms with Crippen molar-refractivity contribution in [1.82, 2.24) is 4.98 Å². The summed E-state index contributed by atoms with van der Waals surface area (Å²) in [6.07, 6.45) is 11.0. The van der Waals surface area contributed by atoms with Gasteiger partial charge in [0.25, 0.3) is 0 Å². The summed E-state index contributed by atoms with van der Waals surface area (Å²) >= 11 is 0. The lowest BCUT2D eigenvalue weighted by Gasteiger charge is -2.49. The van der Waals surface area contributed by atoms with Crippen LogP contribution in [0.4, 0.5) is 0 Å². The van der Waals surface area contributed by atoms with Gasteiger partial charge < -0.3 is 95.1 Å². The highest BCUT2D eigenvalue weighted by Crippen LogP contribution is 2.24. The van der Waals surface area contributed by atoms with E-state index in [0.717, 1.165) is 0 Å². The van der Waals surface area contributed by atoms with Crippen LogP contribution < -0.4 is 9.97 Å². The van der Waals surface area contributed by atoms with E-state index < -0.39 is 72.5 Å². The average molecular weight is 675 g/mol. The van der Waals surface area contributed by atoms with Gasteiger partial charge >= 0.3 is 72.5 Å². The van der Waals surface area contributed by atoms with Crippen LogP contribution in [-0.2, 0) is 54.9 Å². The van der Waals surface area contributed by atoms with Crippen molar-refractivity contribution in [3.8, 4) is 0 Å². The number of hydrogen-bond donors (Lipinski definition) is 8. The second-order valence-electron chi connectivity index (χ2n) is 8.42. The van der Waals surface area contributed by atoms with Gasteiger partial charge in [0.1, 0.15) is 0 Å². The minimum absolute atomic E-state index is 1.75. The highest BCUT2D eigenvalue weighted by Gasteiger charge is 2.54. The normalized spacial score (nSPS) is 19.5. The molecular weight excluding hydrogens is 650 g/mol. The fourth-order valence-corrected chi connectivity index (χ4v) is 3.18. The summed E-state index contributed by atoms with van der Waals surface area (Å²) in [4.78, 5) is 9.57. The van der Waals surface area contributed by atoms with E-state index in [1.165, 1.54) is 0 Å². The Labute approximate surface area is 274 Å². The van der Waals surface area contributed by atoms with Crippen LogP contribution in [0.2, 0.25) is 0 Å². The van der Waals surface area contributed by atoms with Gasteiger partial charge in [0.2, 0.25) is 0 Å². The minimum Gasteiger partial charge on any atom is -0.539 e. The Morgan fingerprint density at radius 3 is 0.708 bits per heavy atom. The first-order valence-corrected chi connectivity index (χ1v) is 13.4. The molecule has 250 valence electrons. The Bertz CT molecular complexity index is 955. The van der Waals surface area contributed by atoms with Crippen molar-refractivity contribution in [3.63, 3.8) is 0 Å². The van der Waals surface area contributed by atoms with Crippen molar-refractivity contribution < 1.29 is 105 Å². The molecule has 0 unspecified atom stereocenters. The predicted octanol–water partition coefficient (Wildman–Crippen LogP) is -7.00. The largest absolute Gasteiger partial charge is 0.582 e. The maximum absolute atomic E-state index is 8.94. The summed E-state index contributed by atoms with van der Waals surface area (Å²) in [5.41, 5.74) is 0. The van der Waals surface area contributed by atoms with E-state index in [1.807, 2.05) is 79.4 Å². The van der Waals surface area contributed by atoms with E-state index in [9.17, 15) is 0 Å². The van der Waals surface area contributed by atoms with Gasteiger partial charge in [-0.25, -0.2) is 9.97 Å². The summed E-state index contributed by atoms with van der Waals surface area (Å²) in [5.74, 6) is 0. The number of aromatic nitrogens is 3. The summed E-state index contributed by atoms with van der Waals surface area (Å²) in [5, 5.41) is 71.5. The molecule has 0 aliphatic carbocycles. The van der Waals surface area contributed by atoms with E-state index in [2.05, 4.69) is 69.8 Å². The van der Waals surface area contributed by atoms with E-state index >= 15 is 0 Å². The first-order chi connectivity index (χ1) is 23.0. The van der Waals surface area contributed by atoms with E-state index in [-0.39, 0.29) is 0 Å². The molecule has 0 saturated carbocycles. The molecule has 4 aliphatic rings. The van der Waals surface area contributed by atoms with Crippen LogP contribution in [0.25, 0.3) is 0 Å². The molecule has 48 heavy (non-hydrogen) atoms. The third kappa shape index (κ3) is 15.2. The topological polar surface area (TPSA) is 314 Å². The molecule has 23 nitrogen and oxygen atoms in total. The maximum atomic E-state index is 8.94. The first-order valence-electron chi connectivity index (χ1n) is 13.4. The second-order valence-corrected chi connectivity index (χ2v) is 8.42. The van der Waals surface area contributed by atoms with Crippen LogP contribution >= 0.6 is 0 Å². The van der Waals surface area contributed by atoms with Gasteiger partial charge in [-0.3, -0.25) is 4.98 Å². The van der Waals surface area contributed by atoms with Crippen molar-refractivity contribution in [1.29, 1.82) is 0 Å². The van der Waals surface area contributed by atoms with Gasteiger partial charge in [-0.15, -0.1) is 0 Å². The number of nitrogens with one attached hydrogen (secondary N) is 2. The highest BCUT2D eigenvalue weighted by molar-refractivity contribution is 6.82. The predicted molar refractivity (Wildman–Crippen MR) is 159 cm³/mol. The van der Waals surface area contributed by atoms with Gasteiger partial charge in [-0.05, 0) is 12.1 Å². The number of pyridine rings is 3. The van der Waals surface area contributed by atoms with Gasteiger partial charge in [-0.2, -0.15) is 0 Å². The zero-order chi connectivity index (χ0) is 34.8. The quantitative estimate of drug-likeness (QED) is 0.103. The SMILES string of the molecule is OB1OB(O)O[B-]2(O1)OB(O)OB(O)O2.OB1OB(O)O[B-]2(O1)OB(O)OB(O)O2.c1cc[nH+]cc1.c1cc[nH+]cc1.c1ccncc1. The van der Waals surface area contributed by atoms with Crippen LogP contribution in [0, 0.1) is 0 Å². The minimum atomic E-state index is -3.21. The molecule has 3 aromatic rings. The molecule has 0 bridgehead atoms. The lowest BCUT2D eigenvalue weighted by atomic mass is 9.84. The molecule has 10 N–H and O–H groups in total. The van der Waals surface area contributed by atoms with Gasteiger partial charge in [0.15, 0.2) is 24.8 Å². The zero-order valence-corrected chi connectivity index (χ0v) is 24.4. The van der Waals surface area contributed by atoms with E-state index in [4.69, 9.17) is 40.2 Å². The third-order valence-corrected chi connectivity index (χ3v) is 4.98. The van der Waals surface area contributed by atoms with Gasteiger partial charge in [0, 0.05) is 36.7 Å². The van der Waals surface area contributed by atoms with Crippen LogP contribution in [0.3, 0.4) is 0 Å². The van der Waals surface area contributed by atoms with Crippen molar-refractivity contribution in [3.05, 3.63) is 91.8 Å². The molecule has 7 rings (SSSR count). The first kappa shape index (κ1) is 39.7. The number of rotatable bonds is 0. The van der Waals surface area contributed by atoms with Gasteiger partial charge in [-0.1, -0.05) is 18.2 Å². The second kappa shape index (κ2) is 20.7. The Balaban J connectivity index is 0.000000175. The van der Waals surface area contributed by atoms with E-state index in [1.54, 1.807) is 12.4 Å². The average Bonchev–Trinajstić information content (AvgIpc) is 3.02. The monoisotopic (exact) mass is 677 g/mol. The molecule has 0 radical (unpaired) electrons. The number of aromatic amines is 2. The van der Waals surface area contributed by atoms with Crippen LogP contribution in [0.1, 0.15) is 0 Å². The summed E-state index contributed by atoms with van der Waals surface area (Å²) in [7, 11) is -15.2. The molecular formula is C15H25B10N3O20. The smallest absolute Gasteiger partial charge is 0.539 e. The molecule has 4 aliphatic heterocycles. The lowest BCUT2D eigenvalue weighted by Crippen LogP contribution is -2.69. The fourth-order valence-electron chi connectivity index (χ4n) is 3.18. The highest BCUT2D eigenvalue weighted by atomic mass is 17.0. The fraction of sp³-hybridized carbons (Fsp3) is 0. The van der Waals surface area contributed by atoms with Crippen molar-refractivity contribution in [2.75, 3.05) is 0 Å². The summed E-state index contributed by atoms with van der Waals surface area (Å²) in [6, 6.07) is 17.4. The van der Waals surface area contributed by atoms with Crippen molar-refractivity contribution >= 4 is 72.5 Å². The van der Waals surface area contributed by atoms with Crippen molar-refractivity contribution in [2.24, 2.45) is 0 Å². The number of nitrogens with zero attached hydrogens (tertiary/aromatic N) is 1. The molecule has 0 atom stereocenters. The van der Waals surface area contributed by atoms with Crippen LogP contribution in [0.5, 0.6) is 0 Å².